The van der Waals surface area contributed by atoms with Gasteiger partial charge in [-0.2, -0.15) is 5.10 Å². The number of ether oxygens (including phenoxy) is 1. The van der Waals surface area contributed by atoms with Crippen LogP contribution in [-0.2, 0) is 22.5 Å². The monoisotopic (exact) mass is 451 g/mol. The van der Waals surface area contributed by atoms with Gasteiger partial charge in [0.2, 0.25) is 6.41 Å². The maximum Gasteiger partial charge on any atom is 0.278 e. The van der Waals surface area contributed by atoms with Gasteiger partial charge < -0.3 is 21.5 Å². The Bertz CT molecular complexity index is 1050. The number of hydrogen-bond donors (Lipinski definition) is 3. The fourth-order valence-electron chi connectivity index (χ4n) is 3.71. The molecule has 10 heteroatoms. The van der Waals surface area contributed by atoms with E-state index >= 15 is 0 Å². The number of carbonyl (C=O) groups excluding carboxylic acids is 2. The maximum atomic E-state index is 12.3. The van der Waals surface area contributed by atoms with Crippen molar-refractivity contribution in [1.82, 2.24) is 19.7 Å². The second kappa shape index (κ2) is 12.3. The van der Waals surface area contributed by atoms with Crippen molar-refractivity contribution in [3.63, 3.8) is 0 Å². The molecule has 0 unspecified atom stereocenters. The number of nitrogens with zero attached hydrogens (tertiary/aromatic N) is 4. The van der Waals surface area contributed by atoms with E-state index in [-0.39, 0.29) is 17.9 Å². The van der Waals surface area contributed by atoms with Crippen LogP contribution in [0, 0.1) is 5.92 Å². The summed E-state index contributed by atoms with van der Waals surface area (Å²) in [6.45, 7) is 2.42. The van der Waals surface area contributed by atoms with Crippen LogP contribution in [0.25, 0.3) is 0 Å². The molecule has 2 amide bonds. The number of nitrogens with two attached hydrogens (primary N) is 2. The van der Waals surface area contributed by atoms with Crippen LogP contribution in [-0.4, -0.2) is 45.3 Å². The number of primary amides is 1. The van der Waals surface area contributed by atoms with E-state index in [0.29, 0.717) is 12.2 Å². The summed E-state index contributed by atoms with van der Waals surface area (Å²) < 4.78 is 7.24. The second-order valence-electron chi connectivity index (χ2n) is 7.72. The van der Waals surface area contributed by atoms with Gasteiger partial charge in [-0.1, -0.05) is 24.3 Å². The Hall–Kier alpha value is -3.79. The number of amides is 2. The number of nitrogen functional groups attached to an aromatic ring is 1. The number of carbonyl (C=O) groups is 2. The van der Waals surface area contributed by atoms with Crippen LogP contribution in [0.1, 0.15) is 40.9 Å². The smallest absolute Gasteiger partial charge is 0.278 e. The lowest BCUT2D eigenvalue weighted by molar-refractivity contribution is -0.106. The molecule has 0 radical (unpaired) electrons. The molecular formula is C23H29N7O3. The van der Waals surface area contributed by atoms with Crippen molar-refractivity contribution >= 4 is 23.8 Å². The molecule has 2 aromatic heterocycles. The minimum Gasteiger partial charge on any atom is -0.382 e. The van der Waals surface area contributed by atoms with Crippen LogP contribution in [0.4, 0.5) is 11.5 Å². The molecule has 33 heavy (non-hydrogen) atoms. The second-order valence-corrected chi connectivity index (χ2v) is 7.72. The predicted molar refractivity (Wildman–Crippen MR) is 124 cm³/mol. The Morgan fingerprint density at radius 3 is 2.70 bits per heavy atom. The molecule has 1 fully saturated rings. The van der Waals surface area contributed by atoms with Crippen LogP contribution in [0.3, 0.4) is 0 Å². The number of nitrogens with one attached hydrogen (secondary N) is 1. The van der Waals surface area contributed by atoms with E-state index in [9.17, 15) is 4.79 Å². The van der Waals surface area contributed by atoms with Crippen molar-refractivity contribution in [3.05, 3.63) is 65.9 Å². The summed E-state index contributed by atoms with van der Waals surface area (Å²) in [5.41, 5.74) is 13.1. The molecule has 4 rings (SSSR count). The number of aromatic nitrogens is 4. The molecular weight excluding hydrogens is 422 g/mol. The fraction of sp³-hybridized carbons (Fsp3) is 0.348. The Morgan fingerprint density at radius 2 is 1.94 bits per heavy atom. The van der Waals surface area contributed by atoms with Crippen LogP contribution < -0.4 is 16.8 Å². The Labute approximate surface area is 192 Å². The molecule has 0 aliphatic carbocycles. The van der Waals surface area contributed by atoms with Crippen molar-refractivity contribution in [3.8, 4) is 0 Å². The minimum atomic E-state index is -0.407. The number of benzene rings is 1. The van der Waals surface area contributed by atoms with Gasteiger partial charge in [-0.05, 0) is 42.7 Å². The van der Waals surface area contributed by atoms with Crippen molar-refractivity contribution in [1.29, 1.82) is 0 Å². The van der Waals surface area contributed by atoms with E-state index < -0.39 is 5.91 Å². The molecule has 1 aliphatic heterocycles. The zero-order valence-corrected chi connectivity index (χ0v) is 18.4. The Morgan fingerprint density at radius 1 is 1.21 bits per heavy atom. The Balaban J connectivity index is 0.000000968. The third kappa shape index (κ3) is 7.39. The summed E-state index contributed by atoms with van der Waals surface area (Å²) in [4.78, 5) is 28.8. The molecule has 0 atom stereocenters. The van der Waals surface area contributed by atoms with E-state index in [4.69, 9.17) is 15.3 Å². The van der Waals surface area contributed by atoms with Gasteiger partial charge in [0.25, 0.3) is 5.91 Å². The SMILES string of the molecule is NC=O.Nc1nccnc1C(=O)Nc1cnn(Cc2cccc(CCC3CCOCC3)c2)c1. The first kappa shape index (κ1) is 23.9. The van der Waals surface area contributed by atoms with Gasteiger partial charge in [-0.15, -0.1) is 0 Å². The quantitative estimate of drug-likeness (QED) is 0.465. The summed E-state index contributed by atoms with van der Waals surface area (Å²) in [6.07, 6.45) is 11.2. The summed E-state index contributed by atoms with van der Waals surface area (Å²) in [7, 11) is 0. The third-order valence-electron chi connectivity index (χ3n) is 5.35. The number of aryl methyl sites for hydroxylation is 1. The highest BCUT2D eigenvalue weighted by Gasteiger charge is 2.14. The molecule has 5 N–H and O–H groups in total. The molecule has 1 aliphatic rings. The standard InChI is InChI=1S/C22H26N6O2.CH3NO/c23-21-20(24-8-9-25-21)22(29)27-19-13-26-28(15-19)14-18-3-1-2-17(12-18)5-4-16-6-10-30-11-7-16;2-1-3/h1-3,8-9,12-13,15-16H,4-7,10-11,14H2,(H2,23,25)(H,27,29);1H,(H2,2,3). The molecule has 0 bridgehead atoms. The van der Waals surface area contributed by atoms with Gasteiger partial charge in [-0.25, -0.2) is 9.97 Å². The molecule has 1 aromatic carbocycles. The highest BCUT2D eigenvalue weighted by molar-refractivity contribution is 6.05. The first-order chi connectivity index (χ1) is 16.1. The topological polar surface area (TPSA) is 151 Å². The zero-order valence-electron chi connectivity index (χ0n) is 18.4. The highest BCUT2D eigenvalue weighted by atomic mass is 16.5. The van der Waals surface area contributed by atoms with Crippen LogP contribution in [0.15, 0.2) is 49.1 Å². The van der Waals surface area contributed by atoms with Gasteiger partial charge in [0.05, 0.1) is 18.4 Å². The largest absolute Gasteiger partial charge is 0.382 e. The van der Waals surface area contributed by atoms with E-state index in [1.807, 2.05) is 0 Å². The van der Waals surface area contributed by atoms with Crippen molar-refractivity contribution in [2.75, 3.05) is 24.3 Å². The lowest BCUT2D eigenvalue weighted by Gasteiger charge is -2.21. The van der Waals surface area contributed by atoms with Gasteiger partial charge in [0.1, 0.15) is 0 Å². The maximum absolute atomic E-state index is 12.3. The highest BCUT2D eigenvalue weighted by Crippen LogP contribution is 2.21. The van der Waals surface area contributed by atoms with Crippen molar-refractivity contribution < 1.29 is 14.3 Å². The lowest BCUT2D eigenvalue weighted by atomic mass is 9.92. The molecule has 0 spiro atoms. The number of rotatable bonds is 7. The van der Waals surface area contributed by atoms with Gasteiger partial charge in [0.15, 0.2) is 11.5 Å². The molecule has 0 saturated carbocycles. The molecule has 10 nitrogen and oxygen atoms in total. The van der Waals surface area contributed by atoms with Crippen LogP contribution in [0.2, 0.25) is 0 Å². The Kier molecular flexibility index (Phi) is 8.89. The molecule has 3 aromatic rings. The first-order valence-corrected chi connectivity index (χ1v) is 10.8. The summed E-state index contributed by atoms with van der Waals surface area (Å²) in [6, 6.07) is 8.61. The number of hydrogen-bond acceptors (Lipinski definition) is 7. The first-order valence-electron chi connectivity index (χ1n) is 10.8. The predicted octanol–water partition coefficient (Wildman–Crippen LogP) is 2.02. The zero-order chi connectivity index (χ0) is 23.5. The van der Waals surface area contributed by atoms with Gasteiger partial charge in [-0.3, -0.25) is 14.3 Å². The lowest BCUT2D eigenvalue weighted by Crippen LogP contribution is -2.16. The third-order valence-corrected chi connectivity index (χ3v) is 5.35. The summed E-state index contributed by atoms with van der Waals surface area (Å²) in [5.74, 6) is 0.457. The number of anilines is 2. The normalized spacial score (nSPS) is 13.6. The van der Waals surface area contributed by atoms with E-state index in [2.05, 4.69) is 50.4 Å². The van der Waals surface area contributed by atoms with Crippen LogP contribution >= 0.6 is 0 Å². The average Bonchev–Trinajstić information content (AvgIpc) is 3.26. The molecule has 1 saturated heterocycles. The van der Waals surface area contributed by atoms with E-state index in [1.54, 1.807) is 17.1 Å². The van der Waals surface area contributed by atoms with E-state index in [1.165, 1.54) is 42.8 Å². The summed E-state index contributed by atoms with van der Waals surface area (Å²) in [5, 5.41) is 7.11. The van der Waals surface area contributed by atoms with E-state index in [0.717, 1.165) is 25.6 Å². The van der Waals surface area contributed by atoms with Crippen LogP contribution in [0.5, 0.6) is 0 Å². The minimum absolute atomic E-state index is 0.0972. The molecule has 3 heterocycles. The van der Waals surface area contributed by atoms with Gasteiger partial charge in [0, 0.05) is 31.8 Å². The van der Waals surface area contributed by atoms with Gasteiger partial charge >= 0.3 is 0 Å². The van der Waals surface area contributed by atoms with Crippen molar-refractivity contribution in [2.45, 2.75) is 32.2 Å². The van der Waals surface area contributed by atoms with Crippen molar-refractivity contribution in [2.24, 2.45) is 11.7 Å². The summed E-state index contributed by atoms with van der Waals surface area (Å²) >= 11 is 0. The average molecular weight is 452 g/mol. The fourth-order valence-corrected chi connectivity index (χ4v) is 3.71. The molecule has 174 valence electrons.